The summed E-state index contributed by atoms with van der Waals surface area (Å²) >= 11 is 3.31. The Bertz CT molecular complexity index is 744. The van der Waals surface area contributed by atoms with Crippen molar-refractivity contribution in [2.75, 3.05) is 0 Å². The Morgan fingerprint density at radius 3 is 2.36 bits per heavy atom. The molecule has 0 saturated carbocycles. The van der Waals surface area contributed by atoms with Crippen LogP contribution >= 0.6 is 15.9 Å². The van der Waals surface area contributed by atoms with E-state index in [1.807, 2.05) is 0 Å². The van der Waals surface area contributed by atoms with Crippen molar-refractivity contribution in [2.24, 2.45) is 0 Å². The first-order valence-electron chi connectivity index (χ1n) is 6.60. The number of carboxylic acid groups (broad SMARTS) is 1. The maximum absolute atomic E-state index is 12.3. The van der Waals surface area contributed by atoms with Crippen molar-refractivity contribution in [3.63, 3.8) is 0 Å². The van der Waals surface area contributed by atoms with Crippen molar-refractivity contribution in [1.29, 1.82) is 0 Å². The van der Waals surface area contributed by atoms with Gasteiger partial charge < -0.3 is 5.11 Å². The van der Waals surface area contributed by atoms with Gasteiger partial charge in [-0.25, -0.2) is 5.06 Å². The van der Waals surface area contributed by atoms with Crippen molar-refractivity contribution in [2.45, 2.75) is 12.0 Å². The minimum absolute atomic E-state index is 0.214. The summed E-state index contributed by atoms with van der Waals surface area (Å²) in [5.41, 5.74) is 1.19. The topological polar surface area (TPSA) is 77.8 Å². The van der Waals surface area contributed by atoms with Crippen LogP contribution < -0.4 is 0 Å². The second-order valence-corrected chi connectivity index (χ2v) is 5.96. The van der Waals surface area contributed by atoms with Crippen molar-refractivity contribution < 1.29 is 19.9 Å². The summed E-state index contributed by atoms with van der Waals surface area (Å²) in [5, 5.41) is 20.4. The molecule has 2 aromatic rings. The van der Waals surface area contributed by atoms with Gasteiger partial charge in [-0.3, -0.25) is 14.8 Å². The number of benzene rings is 2. The number of carbonyl (C=O) groups is 2. The van der Waals surface area contributed by atoms with Gasteiger partial charge in [0, 0.05) is 10.0 Å². The molecular weight excluding hydrogens is 350 g/mol. The zero-order valence-electron chi connectivity index (χ0n) is 11.3. The number of hydroxylamine groups is 2. The molecule has 0 aromatic heterocycles. The molecule has 2 aromatic carbocycles. The first-order valence-corrected chi connectivity index (χ1v) is 7.39. The van der Waals surface area contributed by atoms with Crippen molar-refractivity contribution in [1.82, 2.24) is 5.06 Å². The number of carbonyl (C=O) groups excluding carboxylic acids is 1. The fraction of sp³-hybridized carbons (Fsp3) is 0.125. The average Bonchev–Trinajstić information content (AvgIpc) is 2.51. The van der Waals surface area contributed by atoms with Crippen LogP contribution in [0.5, 0.6) is 0 Å². The lowest BCUT2D eigenvalue weighted by atomic mass is 9.81. The van der Waals surface area contributed by atoms with E-state index in [0.717, 1.165) is 4.47 Å². The Labute approximate surface area is 134 Å². The molecule has 112 valence electrons. The molecule has 0 radical (unpaired) electrons. The van der Waals surface area contributed by atoms with Crippen LogP contribution in [0.1, 0.15) is 33.4 Å². The lowest BCUT2D eigenvalue weighted by Gasteiger charge is -2.36. The number of nitrogens with zero attached hydrogens (tertiary/aromatic N) is 1. The third kappa shape index (κ3) is 2.30. The van der Waals surface area contributed by atoms with E-state index in [1.165, 1.54) is 6.07 Å². The van der Waals surface area contributed by atoms with Gasteiger partial charge in [0.2, 0.25) is 0 Å². The third-order valence-corrected chi connectivity index (χ3v) is 4.32. The molecule has 1 heterocycles. The highest BCUT2D eigenvalue weighted by Crippen LogP contribution is 2.41. The van der Waals surface area contributed by atoms with E-state index < -0.39 is 23.8 Å². The molecular formula is C16H12BrNO4. The van der Waals surface area contributed by atoms with E-state index in [2.05, 4.69) is 15.9 Å². The number of hydrogen-bond acceptors (Lipinski definition) is 3. The SMILES string of the molecule is O=C(O)[C@H]1c2ccccc2C(=O)N(O)[C@@H]1c1ccc(Br)cc1. The molecule has 6 heteroatoms. The molecule has 0 saturated heterocycles. The number of amides is 1. The maximum Gasteiger partial charge on any atom is 0.313 e. The fourth-order valence-corrected chi connectivity index (χ4v) is 3.05. The van der Waals surface area contributed by atoms with Crippen LogP contribution in [0, 0.1) is 0 Å². The van der Waals surface area contributed by atoms with Gasteiger partial charge in [-0.1, -0.05) is 46.3 Å². The number of aliphatic carboxylic acids is 1. The van der Waals surface area contributed by atoms with E-state index in [4.69, 9.17) is 0 Å². The highest BCUT2D eigenvalue weighted by Gasteiger charge is 2.44. The molecule has 3 rings (SSSR count). The number of hydrogen-bond donors (Lipinski definition) is 2. The molecule has 0 fully saturated rings. The standard InChI is InChI=1S/C16H12BrNO4/c17-10-7-5-9(6-8-10)14-13(16(20)21)11-3-1-2-4-12(11)15(19)18(14)22/h1-8,13-14,22H,(H,20,21)/t13-,14+/m0/s1. The van der Waals surface area contributed by atoms with Crippen LogP contribution in [-0.4, -0.2) is 27.3 Å². The maximum atomic E-state index is 12.3. The van der Waals surface area contributed by atoms with Gasteiger partial charge in [-0.15, -0.1) is 0 Å². The predicted octanol–water partition coefficient (Wildman–Crippen LogP) is 3.20. The minimum atomic E-state index is -1.09. The van der Waals surface area contributed by atoms with Gasteiger partial charge in [-0.05, 0) is 29.3 Å². The first-order chi connectivity index (χ1) is 10.5. The van der Waals surface area contributed by atoms with Gasteiger partial charge in [-0.2, -0.15) is 0 Å². The van der Waals surface area contributed by atoms with Crippen LogP contribution in [0.3, 0.4) is 0 Å². The van der Waals surface area contributed by atoms with Gasteiger partial charge in [0.15, 0.2) is 0 Å². The Kier molecular flexibility index (Phi) is 3.72. The van der Waals surface area contributed by atoms with E-state index in [9.17, 15) is 19.9 Å². The average molecular weight is 362 g/mol. The summed E-state index contributed by atoms with van der Waals surface area (Å²) in [4.78, 5) is 24.1. The molecule has 2 atom stereocenters. The fourth-order valence-electron chi connectivity index (χ4n) is 2.79. The van der Waals surface area contributed by atoms with E-state index >= 15 is 0 Å². The van der Waals surface area contributed by atoms with Crippen LogP contribution in [0.2, 0.25) is 0 Å². The second-order valence-electron chi connectivity index (χ2n) is 5.05. The van der Waals surface area contributed by atoms with Gasteiger partial charge >= 0.3 is 5.97 Å². The molecule has 1 amide bonds. The highest BCUT2D eigenvalue weighted by molar-refractivity contribution is 9.10. The number of fused-ring (bicyclic) bond motifs is 1. The Morgan fingerprint density at radius 2 is 1.73 bits per heavy atom. The molecule has 0 bridgehead atoms. The lowest BCUT2D eigenvalue weighted by Crippen LogP contribution is -2.42. The summed E-state index contributed by atoms with van der Waals surface area (Å²) in [6.07, 6.45) is 0. The normalized spacial score (nSPS) is 20.6. The summed E-state index contributed by atoms with van der Waals surface area (Å²) in [5.74, 6) is -2.71. The lowest BCUT2D eigenvalue weighted by molar-refractivity contribution is -0.148. The molecule has 5 nitrogen and oxygen atoms in total. The summed E-state index contributed by atoms with van der Waals surface area (Å²) < 4.78 is 0.829. The number of rotatable bonds is 2. The molecule has 22 heavy (non-hydrogen) atoms. The summed E-state index contributed by atoms with van der Waals surface area (Å²) in [7, 11) is 0. The first kappa shape index (κ1) is 14.7. The van der Waals surface area contributed by atoms with Crippen molar-refractivity contribution in [3.05, 3.63) is 69.7 Å². The number of carboxylic acids is 1. The van der Waals surface area contributed by atoms with Gasteiger partial charge in [0.25, 0.3) is 5.91 Å². The Hall–Kier alpha value is -2.18. The molecule has 1 aliphatic heterocycles. The summed E-state index contributed by atoms with van der Waals surface area (Å²) in [6, 6.07) is 12.4. The predicted molar refractivity (Wildman–Crippen MR) is 81.7 cm³/mol. The van der Waals surface area contributed by atoms with Crippen molar-refractivity contribution >= 4 is 27.8 Å². The molecule has 1 aliphatic rings. The van der Waals surface area contributed by atoms with Gasteiger partial charge in [0.1, 0.15) is 12.0 Å². The zero-order valence-corrected chi connectivity index (χ0v) is 12.9. The van der Waals surface area contributed by atoms with Crippen LogP contribution in [0.15, 0.2) is 53.0 Å². The van der Waals surface area contributed by atoms with Crippen molar-refractivity contribution in [3.8, 4) is 0 Å². The minimum Gasteiger partial charge on any atom is -0.481 e. The van der Waals surface area contributed by atoms with Crippen LogP contribution in [0.4, 0.5) is 0 Å². The van der Waals surface area contributed by atoms with E-state index in [1.54, 1.807) is 42.5 Å². The molecule has 0 aliphatic carbocycles. The molecule has 0 unspecified atom stereocenters. The Balaban J connectivity index is 2.18. The smallest absolute Gasteiger partial charge is 0.313 e. The van der Waals surface area contributed by atoms with E-state index in [0.29, 0.717) is 16.2 Å². The third-order valence-electron chi connectivity index (χ3n) is 3.79. The monoisotopic (exact) mass is 361 g/mol. The largest absolute Gasteiger partial charge is 0.481 e. The number of halogens is 1. The quantitative estimate of drug-likeness (QED) is 0.805. The highest BCUT2D eigenvalue weighted by atomic mass is 79.9. The zero-order chi connectivity index (χ0) is 15.9. The van der Waals surface area contributed by atoms with Crippen LogP contribution in [0.25, 0.3) is 0 Å². The molecule has 0 spiro atoms. The Morgan fingerprint density at radius 1 is 1.09 bits per heavy atom. The van der Waals surface area contributed by atoms with Crippen LogP contribution in [-0.2, 0) is 4.79 Å². The molecule has 2 N–H and O–H groups in total. The second kappa shape index (κ2) is 5.55. The van der Waals surface area contributed by atoms with E-state index in [-0.39, 0.29) is 5.56 Å². The summed E-state index contributed by atoms with van der Waals surface area (Å²) in [6.45, 7) is 0. The van der Waals surface area contributed by atoms with Gasteiger partial charge in [0.05, 0.1) is 0 Å².